The molecule has 74 heavy (non-hydrogen) atoms. The van der Waals surface area contributed by atoms with Crippen molar-refractivity contribution in [2.24, 2.45) is 0 Å². The fourth-order valence-electron chi connectivity index (χ4n) is 13.1. The van der Waals surface area contributed by atoms with Gasteiger partial charge in [0.15, 0.2) is 0 Å². The molecule has 16 aromatic rings. The smallest absolute Gasteiger partial charge is 0.00139 e. The van der Waals surface area contributed by atoms with Gasteiger partial charge >= 0.3 is 0 Å². The van der Waals surface area contributed by atoms with E-state index < -0.39 is 0 Å². The molecule has 0 unspecified atom stereocenters. The normalized spacial score (nSPS) is 12.1. The van der Waals surface area contributed by atoms with Crippen LogP contribution in [0.1, 0.15) is 0 Å². The lowest BCUT2D eigenvalue weighted by Gasteiger charge is -2.19. The van der Waals surface area contributed by atoms with Gasteiger partial charge in [-0.2, -0.15) is 0 Å². The van der Waals surface area contributed by atoms with Crippen molar-refractivity contribution in [3.05, 3.63) is 267 Å². The quantitative estimate of drug-likeness (QED) is 0.154. The minimum absolute atomic E-state index is 1.22. The van der Waals surface area contributed by atoms with Crippen molar-refractivity contribution in [1.29, 1.82) is 0 Å². The Bertz CT molecular complexity index is 4720. The zero-order valence-corrected chi connectivity index (χ0v) is 40.4. The fraction of sp³-hybridized carbons (Fsp3) is 0. The van der Waals surface area contributed by atoms with Gasteiger partial charge in [0.05, 0.1) is 0 Å². The summed E-state index contributed by atoms with van der Waals surface area (Å²) in [7, 11) is 0. The van der Waals surface area contributed by atoms with Crippen LogP contribution in [0, 0.1) is 0 Å². The molecule has 0 atom stereocenters. The first-order valence-corrected chi connectivity index (χ1v) is 25.8. The molecule has 16 rings (SSSR count). The highest BCUT2D eigenvalue weighted by Crippen LogP contribution is 2.49. The van der Waals surface area contributed by atoms with Crippen LogP contribution in [0.15, 0.2) is 267 Å². The van der Waals surface area contributed by atoms with Gasteiger partial charge in [0.25, 0.3) is 0 Å². The molecular weight excluding hydrogens is 889 g/mol. The summed E-state index contributed by atoms with van der Waals surface area (Å²) in [5, 5.41) is 28.0. The second-order valence-corrected chi connectivity index (χ2v) is 20.2. The van der Waals surface area contributed by atoms with E-state index in [9.17, 15) is 0 Å². The van der Waals surface area contributed by atoms with E-state index in [1.165, 1.54) is 163 Å². The minimum atomic E-state index is 1.22. The summed E-state index contributed by atoms with van der Waals surface area (Å²) < 4.78 is 0. The van der Waals surface area contributed by atoms with Crippen LogP contribution in [0.25, 0.3) is 163 Å². The number of benzene rings is 16. The van der Waals surface area contributed by atoms with Crippen LogP contribution in [0.4, 0.5) is 0 Å². The summed E-state index contributed by atoms with van der Waals surface area (Å²) in [4.78, 5) is 0. The van der Waals surface area contributed by atoms with Crippen molar-refractivity contribution in [2.75, 3.05) is 0 Å². The largest absolute Gasteiger partial charge is 0.0622 e. The Balaban J connectivity index is 0.937. The van der Waals surface area contributed by atoms with Crippen LogP contribution >= 0.6 is 0 Å². The van der Waals surface area contributed by atoms with Gasteiger partial charge in [0.1, 0.15) is 0 Å². The average molecular weight is 933 g/mol. The minimum Gasteiger partial charge on any atom is -0.0622 e. The summed E-state index contributed by atoms with van der Waals surface area (Å²) in [6.45, 7) is 0. The van der Waals surface area contributed by atoms with Gasteiger partial charge in [0, 0.05) is 0 Å². The number of hydrogen-bond acceptors (Lipinski definition) is 0. The van der Waals surface area contributed by atoms with Crippen molar-refractivity contribution in [3.63, 3.8) is 0 Å². The Morgan fingerprint density at radius 2 is 0.338 bits per heavy atom. The van der Waals surface area contributed by atoms with Crippen molar-refractivity contribution >= 4 is 118 Å². The van der Waals surface area contributed by atoms with Gasteiger partial charge in [-0.1, -0.05) is 231 Å². The van der Waals surface area contributed by atoms with E-state index in [0.29, 0.717) is 0 Å². The third-order valence-electron chi connectivity index (χ3n) is 16.4. The molecule has 0 aliphatic carbocycles. The number of hydrogen-bond donors (Lipinski definition) is 0. The van der Waals surface area contributed by atoms with Crippen molar-refractivity contribution < 1.29 is 0 Å². The molecule has 0 heterocycles. The van der Waals surface area contributed by atoms with Crippen LogP contribution < -0.4 is 0 Å². The van der Waals surface area contributed by atoms with E-state index in [-0.39, 0.29) is 0 Å². The van der Waals surface area contributed by atoms with E-state index in [2.05, 4.69) is 267 Å². The Labute approximate surface area is 427 Å². The van der Waals surface area contributed by atoms with Crippen LogP contribution in [-0.2, 0) is 0 Å². The second kappa shape index (κ2) is 15.9. The molecular formula is C74H44. The van der Waals surface area contributed by atoms with Crippen molar-refractivity contribution in [1.82, 2.24) is 0 Å². The first kappa shape index (κ1) is 41.0. The molecule has 0 aromatic heterocycles. The third kappa shape index (κ3) is 5.97. The molecule has 0 saturated carbocycles. The Kier molecular flexibility index (Phi) is 8.84. The van der Waals surface area contributed by atoms with Gasteiger partial charge in [0.2, 0.25) is 0 Å². The Morgan fingerprint density at radius 1 is 0.122 bits per heavy atom. The highest BCUT2D eigenvalue weighted by Gasteiger charge is 2.21. The van der Waals surface area contributed by atoms with E-state index >= 15 is 0 Å². The van der Waals surface area contributed by atoms with Gasteiger partial charge in [-0.3, -0.25) is 0 Å². The third-order valence-corrected chi connectivity index (χ3v) is 16.4. The first-order chi connectivity index (χ1) is 36.7. The topological polar surface area (TPSA) is 0 Å². The molecule has 340 valence electrons. The van der Waals surface area contributed by atoms with Crippen LogP contribution in [-0.4, -0.2) is 0 Å². The molecule has 0 spiro atoms. The Morgan fingerprint density at radius 3 is 0.649 bits per heavy atom. The lowest BCUT2D eigenvalue weighted by Crippen LogP contribution is -1.91. The fourth-order valence-corrected chi connectivity index (χ4v) is 13.1. The maximum absolute atomic E-state index is 2.48. The van der Waals surface area contributed by atoms with E-state index in [1.54, 1.807) is 0 Å². The molecule has 0 bridgehead atoms. The van der Waals surface area contributed by atoms with E-state index in [1.807, 2.05) is 0 Å². The predicted molar refractivity (Wildman–Crippen MR) is 321 cm³/mol. The van der Waals surface area contributed by atoms with Crippen molar-refractivity contribution in [2.45, 2.75) is 0 Å². The molecule has 0 N–H and O–H groups in total. The van der Waals surface area contributed by atoms with Gasteiger partial charge in [-0.25, -0.2) is 0 Å². The lowest BCUT2D eigenvalue weighted by molar-refractivity contribution is 1.67. The summed E-state index contributed by atoms with van der Waals surface area (Å²) in [6.07, 6.45) is 0. The zero-order chi connectivity index (χ0) is 48.4. The molecule has 0 radical (unpaired) electrons. The molecule has 0 saturated heterocycles. The molecule has 16 aromatic carbocycles. The van der Waals surface area contributed by atoms with Crippen LogP contribution in [0.3, 0.4) is 0 Å². The zero-order valence-electron chi connectivity index (χ0n) is 40.4. The summed E-state index contributed by atoms with van der Waals surface area (Å²) in [5.74, 6) is 0. The van der Waals surface area contributed by atoms with Crippen LogP contribution in [0.5, 0.6) is 0 Å². The molecule has 0 aliphatic rings. The molecule has 0 fully saturated rings. The van der Waals surface area contributed by atoms with Gasteiger partial charge < -0.3 is 0 Å². The standard InChI is InChI=1S/C74H44/c1-3-19-45(20-4-1)63-41-69-55-29-13-9-25-51(55)65(43-71(69)53-27-11-7-23-49(53)63)47-35-37-61-67(39-47)57-31-15-17-33-59(57)74-62-38-36-48(40-68(62)58-32-16-18-34-60(58)73(61)74)66-44-72-54-28-12-8-24-50(54)64(46-21-5-2-6-22-46)42-70(72)56-30-14-10-26-52(56)66/h1-44H. The SMILES string of the molecule is c1ccc(-c2cc3c4ccccc4c(-c4ccc5c(c4)c4ccccc4c4c6ccc(-c7cc8c9ccccc9c(-c9ccccc9)cc8c8ccccc78)cc6c6ccccc6c54)cc3c3ccccc23)cc1. The van der Waals surface area contributed by atoms with E-state index in [0.717, 1.165) is 0 Å². The van der Waals surface area contributed by atoms with Crippen molar-refractivity contribution in [3.8, 4) is 44.5 Å². The highest BCUT2D eigenvalue weighted by molar-refractivity contribution is 6.40. The summed E-state index contributed by atoms with van der Waals surface area (Å²) in [5.41, 5.74) is 9.94. The van der Waals surface area contributed by atoms with E-state index in [4.69, 9.17) is 0 Å². The highest BCUT2D eigenvalue weighted by atomic mass is 14.2. The first-order valence-electron chi connectivity index (χ1n) is 25.8. The lowest BCUT2D eigenvalue weighted by atomic mass is 9.84. The van der Waals surface area contributed by atoms with Crippen LogP contribution in [0.2, 0.25) is 0 Å². The van der Waals surface area contributed by atoms with Gasteiger partial charge in [-0.05, 0) is 199 Å². The maximum Gasteiger partial charge on any atom is -0.00139 e. The summed E-state index contributed by atoms with van der Waals surface area (Å²) in [6, 6.07) is 100. The number of rotatable bonds is 4. The van der Waals surface area contributed by atoms with Gasteiger partial charge in [-0.15, -0.1) is 0 Å². The monoisotopic (exact) mass is 932 g/mol. The molecule has 0 aliphatic heterocycles. The molecule has 0 heteroatoms. The average Bonchev–Trinajstić information content (AvgIpc) is 3.48. The molecule has 0 amide bonds. The Hall–Kier alpha value is -9.62. The predicted octanol–water partition coefficient (Wildman–Crippen LogP) is 21.0. The second-order valence-electron chi connectivity index (χ2n) is 20.2. The maximum atomic E-state index is 2.48. The number of fused-ring (bicyclic) bond motifs is 21. The summed E-state index contributed by atoms with van der Waals surface area (Å²) >= 11 is 0. The molecule has 0 nitrogen and oxygen atoms in total.